The Kier molecular flexibility index (Phi) is 6.29. The SMILES string of the molecule is Cc1ccc(C)c(C(CC(C)CC(C)(C)C)c2c(C)ccc(C)c2O)c1O. The maximum absolute atomic E-state index is 10.9. The molecule has 2 aromatic carbocycles. The molecule has 0 heterocycles. The first-order valence-corrected chi connectivity index (χ1v) is 10.0. The highest BCUT2D eigenvalue weighted by molar-refractivity contribution is 5.56. The van der Waals surface area contributed by atoms with E-state index in [4.69, 9.17) is 0 Å². The summed E-state index contributed by atoms with van der Waals surface area (Å²) >= 11 is 0. The zero-order valence-electron chi connectivity index (χ0n) is 18.3. The summed E-state index contributed by atoms with van der Waals surface area (Å²) in [6, 6.07) is 8.08. The van der Waals surface area contributed by atoms with E-state index in [2.05, 4.69) is 53.7 Å². The van der Waals surface area contributed by atoms with Gasteiger partial charge >= 0.3 is 0 Å². The van der Waals surface area contributed by atoms with Crippen LogP contribution >= 0.6 is 0 Å². The van der Waals surface area contributed by atoms with Crippen molar-refractivity contribution < 1.29 is 10.2 Å². The number of rotatable bonds is 5. The molecule has 1 atom stereocenters. The van der Waals surface area contributed by atoms with Crippen LogP contribution in [0.2, 0.25) is 0 Å². The van der Waals surface area contributed by atoms with Crippen molar-refractivity contribution in [1.82, 2.24) is 0 Å². The van der Waals surface area contributed by atoms with Gasteiger partial charge in [0.1, 0.15) is 11.5 Å². The molecule has 0 aromatic heterocycles. The Balaban J connectivity index is 2.65. The van der Waals surface area contributed by atoms with Crippen molar-refractivity contribution in [2.75, 3.05) is 0 Å². The molecule has 2 heteroatoms. The van der Waals surface area contributed by atoms with Gasteiger partial charge in [-0.3, -0.25) is 0 Å². The second-order valence-corrected chi connectivity index (χ2v) is 9.58. The first kappa shape index (κ1) is 21.3. The third-order valence-corrected chi connectivity index (χ3v) is 5.57. The fraction of sp³-hybridized carbons (Fsp3) is 0.520. The van der Waals surface area contributed by atoms with Crippen molar-refractivity contribution in [1.29, 1.82) is 0 Å². The molecule has 1 unspecified atom stereocenters. The lowest BCUT2D eigenvalue weighted by Gasteiger charge is -2.30. The first-order chi connectivity index (χ1) is 12.4. The van der Waals surface area contributed by atoms with Gasteiger partial charge in [-0.05, 0) is 74.1 Å². The standard InChI is InChI=1S/C25H36O2/c1-15(14-25(6,7)8)13-20(21-16(2)9-11-18(4)23(21)26)22-17(3)10-12-19(5)24(22)27/h9-12,15,20,26-27H,13-14H2,1-8H3. The third-order valence-electron chi connectivity index (χ3n) is 5.57. The van der Waals surface area contributed by atoms with Gasteiger partial charge in [0, 0.05) is 17.0 Å². The van der Waals surface area contributed by atoms with Gasteiger partial charge in [-0.2, -0.15) is 0 Å². The van der Waals surface area contributed by atoms with Crippen molar-refractivity contribution in [3.63, 3.8) is 0 Å². The van der Waals surface area contributed by atoms with Crippen LogP contribution in [0.5, 0.6) is 11.5 Å². The zero-order valence-corrected chi connectivity index (χ0v) is 18.3. The van der Waals surface area contributed by atoms with Crippen molar-refractivity contribution in [2.24, 2.45) is 11.3 Å². The van der Waals surface area contributed by atoms with Crippen LogP contribution in [0, 0.1) is 39.0 Å². The molecule has 0 aliphatic carbocycles. The van der Waals surface area contributed by atoms with Gasteiger partial charge in [-0.1, -0.05) is 52.0 Å². The third kappa shape index (κ3) is 4.86. The second kappa shape index (κ2) is 7.96. The Morgan fingerprint density at radius 2 is 1.11 bits per heavy atom. The maximum atomic E-state index is 10.9. The van der Waals surface area contributed by atoms with E-state index in [1.807, 2.05) is 26.0 Å². The summed E-state index contributed by atoms with van der Waals surface area (Å²) in [5.74, 6) is 1.17. The van der Waals surface area contributed by atoms with Crippen LogP contribution in [-0.4, -0.2) is 10.2 Å². The van der Waals surface area contributed by atoms with E-state index in [0.717, 1.165) is 46.2 Å². The van der Waals surface area contributed by atoms with E-state index >= 15 is 0 Å². The van der Waals surface area contributed by atoms with E-state index in [9.17, 15) is 10.2 Å². The summed E-state index contributed by atoms with van der Waals surface area (Å²) in [5.41, 5.74) is 6.08. The highest BCUT2D eigenvalue weighted by Gasteiger charge is 2.28. The molecular weight excluding hydrogens is 332 g/mol. The summed E-state index contributed by atoms with van der Waals surface area (Å²) in [6.45, 7) is 17.1. The molecule has 0 radical (unpaired) electrons. The quantitative estimate of drug-likeness (QED) is 0.601. The van der Waals surface area contributed by atoms with E-state index < -0.39 is 0 Å². The highest BCUT2D eigenvalue weighted by Crippen LogP contribution is 2.45. The summed E-state index contributed by atoms with van der Waals surface area (Å²) in [4.78, 5) is 0. The predicted octanol–water partition coefficient (Wildman–Crippen LogP) is 6.93. The Morgan fingerprint density at radius 3 is 1.48 bits per heavy atom. The second-order valence-electron chi connectivity index (χ2n) is 9.58. The van der Waals surface area contributed by atoms with Gasteiger partial charge < -0.3 is 10.2 Å². The fourth-order valence-corrected chi connectivity index (χ4v) is 4.43. The number of phenols is 2. The van der Waals surface area contributed by atoms with Crippen molar-refractivity contribution in [2.45, 2.75) is 74.1 Å². The minimum absolute atomic E-state index is 0.0258. The molecule has 148 valence electrons. The number of phenolic OH excluding ortho intramolecular Hbond substituents is 2. The summed E-state index contributed by atoms with van der Waals surface area (Å²) in [7, 11) is 0. The van der Waals surface area contributed by atoms with Crippen LogP contribution in [0.3, 0.4) is 0 Å². The lowest BCUT2D eigenvalue weighted by Crippen LogP contribution is -2.16. The summed E-state index contributed by atoms with van der Waals surface area (Å²) < 4.78 is 0. The topological polar surface area (TPSA) is 40.5 Å². The number of hydrogen-bond donors (Lipinski definition) is 2. The van der Waals surface area contributed by atoms with Gasteiger partial charge in [-0.15, -0.1) is 0 Å². The number of benzene rings is 2. The maximum Gasteiger partial charge on any atom is 0.122 e. The molecule has 0 aliphatic rings. The van der Waals surface area contributed by atoms with Crippen molar-refractivity contribution in [3.8, 4) is 11.5 Å². The van der Waals surface area contributed by atoms with Gasteiger partial charge in [0.15, 0.2) is 0 Å². The average molecular weight is 369 g/mol. The molecule has 0 bridgehead atoms. The van der Waals surface area contributed by atoms with Crippen LogP contribution in [0.15, 0.2) is 24.3 Å². The van der Waals surface area contributed by atoms with Gasteiger partial charge in [0.2, 0.25) is 0 Å². The number of aromatic hydroxyl groups is 2. The van der Waals surface area contributed by atoms with E-state index in [1.165, 1.54) is 0 Å². The van der Waals surface area contributed by atoms with Crippen LogP contribution in [-0.2, 0) is 0 Å². The van der Waals surface area contributed by atoms with Crippen LogP contribution in [0.4, 0.5) is 0 Å². The summed E-state index contributed by atoms with van der Waals surface area (Å²) in [6.07, 6.45) is 1.99. The molecule has 2 nitrogen and oxygen atoms in total. The minimum atomic E-state index is -0.0258. The molecule has 0 spiro atoms. The predicted molar refractivity (Wildman–Crippen MR) is 115 cm³/mol. The van der Waals surface area contributed by atoms with Crippen LogP contribution in [0.1, 0.15) is 79.8 Å². The lowest BCUT2D eigenvalue weighted by atomic mass is 9.75. The highest BCUT2D eigenvalue weighted by atomic mass is 16.3. The average Bonchev–Trinajstić information content (AvgIpc) is 2.53. The number of hydrogen-bond acceptors (Lipinski definition) is 2. The number of aryl methyl sites for hydroxylation is 4. The van der Waals surface area contributed by atoms with E-state index in [-0.39, 0.29) is 11.3 Å². The molecule has 0 fully saturated rings. The Morgan fingerprint density at radius 1 is 0.741 bits per heavy atom. The van der Waals surface area contributed by atoms with Crippen LogP contribution < -0.4 is 0 Å². The lowest BCUT2D eigenvalue weighted by molar-refractivity contribution is 0.289. The van der Waals surface area contributed by atoms with Gasteiger partial charge in [0.25, 0.3) is 0 Å². The van der Waals surface area contributed by atoms with Crippen molar-refractivity contribution >= 4 is 0 Å². The normalized spacial score (nSPS) is 13.2. The Labute approximate surface area is 165 Å². The first-order valence-electron chi connectivity index (χ1n) is 10.0. The molecule has 0 saturated heterocycles. The zero-order chi connectivity index (χ0) is 20.5. The van der Waals surface area contributed by atoms with Crippen molar-refractivity contribution in [3.05, 3.63) is 57.6 Å². The van der Waals surface area contributed by atoms with Crippen LogP contribution in [0.25, 0.3) is 0 Å². The smallest absolute Gasteiger partial charge is 0.122 e. The molecule has 2 rings (SSSR count). The molecule has 2 N–H and O–H groups in total. The Hall–Kier alpha value is -1.96. The molecule has 0 amide bonds. The summed E-state index contributed by atoms with van der Waals surface area (Å²) in [5, 5.41) is 21.9. The Bertz CT molecular complexity index is 755. The molecule has 0 saturated carbocycles. The molecule has 27 heavy (non-hydrogen) atoms. The van der Waals surface area contributed by atoms with Gasteiger partial charge in [0.05, 0.1) is 0 Å². The molecular formula is C25H36O2. The van der Waals surface area contributed by atoms with E-state index in [0.29, 0.717) is 17.4 Å². The molecule has 0 aliphatic heterocycles. The largest absolute Gasteiger partial charge is 0.507 e. The monoisotopic (exact) mass is 368 g/mol. The minimum Gasteiger partial charge on any atom is -0.507 e. The van der Waals surface area contributed by atoms with E-state index in [1.54, 1.807) is 0 Å². The fourth-order valence-electron chi connectivity index (χ4n) is 4.43. The molecule has 2 aromatic rings. The van der Waals surface area contributed by atoms with Gasteiger partial charge in [-0.25, -0.2) is 0 Å².